The summed E-state index contributed by atoms with van der Waals surface area (Å²) < 4.78 is 39.3. The average molecular weight is 248 g/mol. The Hall–Kier alpha value is -1.79. The molecule has 0 bridgehead atoms. The van der Waals surface area contributed by atoms with Crippen LogP contribution in [0.2, 0.25) is 0 Å². The highest BCUT2D eigenvalue weighted by molar-refractivity contribution is 5.67. The maximum absolute atomic E-state index is 11.8. The number of alkyl halides is 3. The minimum absolute atomic E-state index is 0.517. The van der Waals surface area contributed by atoms with Gasteiger partial charge in [0, 0.05) is 6.20 Å². The number of rotatable bonds is 3. The zero-order chi connectivity index (χ0) is 12.9. The Morgan fingerprint density at radius 1 is 1.53 bits per heavy atom. The molecule has 0 aromatic carbocycles. The van der Waals surface area contributed by atoms with Crippen LogP contribution < -0.4 is 5.32 Å². The van der Waals surface area contributed by atoms with Gasteiger partial charge >= 0.3 is 12.3 Å². The van der Waals surface area contributed by atoms with Gasteiger partial charge in [0.2, 0.25) is 0 Å². The number of hydrogen-bond donors (Lipinski definition) is 1. The first-order valence-electron chi connectivity index (χ1n) is 4.79. The highest BCUT2D eigenvalue weighted by Crippen LogP contribution is 2.15. The van der Waals surface area contributed by atoms with Crippen molar-refractivity contribution in [2.24, 2.45) is 0 Å². The number of carbonyl (C=O) groups excluding carboxylic acids is 1. The SMILES string of the molecule is C[C@@H](NC(=O)OCC(F)(F)F)c1ccccn1. The van der Waals surface area contributed by atoms with E-state index in [2.05, 4.69) is 15.0 Å². The first-order valence-corrected chi connectivity index (χ1v) is 4.79. The lowest BCUT2D eigenvalue weighted by Gasteiger charge is -2.14. The van der Waals surface area contributed by atoms with Crippen molar-refractivity contribution in [3.63, 3.8) is 0 Å². The molecule has 0 radical (unpaired) electrons. The molecule has 94 valence electrons. The van der Waals surface area contributed by atoms with Crippen LogP contribution in [0.1, 0.15) is 18.7 Å². The Morgan fingerprint density at radius 2 is 2.24 bits per heavy atom. The van der Waals surface area contributed by atoms with Gasteiger partial charge in [0.05, 0.1) is 11.7 Å². The van der Waals surface area contributed by atoms with Gasteiger partial charge in [-0.2, -0.15) is 13.2 Å². The van der Waals surface area contributed by atoms with Crippen LogP contribution in [0.3, 0.4) is 0 Å². The van der Waals surface area contributed by atoms with Gasteiger partial charge in [-0.15, -0.1) is 0 Å². The summed E-state index contributed by atoms with van der Waals surface area (Å²) in [6, 6.07) is 4.53. The summed E-state index contributed by atoms with van der Waals surface area (Å²) in [6.45, 7) is -0.00897. The molecular formula is C10H11F3N2O2. The number of pyridine rings is 1. The molecule has 0 saturated heterocycles. The molecule has 1 aromatic rings. The van der Waals surface area contributed by atoms with Crippen molar-refractivity contribution in [3.05, 3.63) is 30.1 Å². The number of hydrogen-bond acceptors (Lipinski definition) is 3. The van der Waals surface area contributed by atoms with Crippen LogP contribution in [-0.4, -0.2) is 23.9 Å². The third kappa shape index (κ3) is 5.19. The van der Waals surface area contributed by atoms with E-state index in [0.717, 1.165) is 0 Å². The Kier molecular flexibility index (Phi) is 4.30. The summed E-state index contributed by atoms with van der Waals surface area (Å²) in [4.78, 5) is 15.0. The van der Waals surface area contributed by atoms with Crippen molar-refractivity contribution < 1.29 is 22.7 Å². The van der Waals surface area contributed by atoms with Crippen LogP contribution in [0.15, 0.2) is 24.4 Å². The van der Waals surface area contributed by atoms with Crippen LogP contribution in [0, 0.1) is 0 Å². The topological polar surface area (TPSA) is 51.2 Å². The summed E-state index contributed by atoms with van der Waals surface area (Å²) in [5.74, 6) is 0. The van der Waals surface area contributed by atoms with Gasteiger partial charge in [0.15, 0.2) is 6.61 Å². The second-order valence-electron chi connectivity index (χ2n) is 3.31. The van der Waals surface area contributed by atoms with E-state index in [9.17, 15) is 18.0 Å². The summed E-state index contributed by atoms with van der Waals surface area (Å²) in [7, 11) is 0. The maximum atomic E-state index is 11.8. The third-order valence-electron chi connectivity index (χ3n) is 1.83. The maximum Gasteiger partial charge on any atom is 0.422 e. The van der Waals surface area contributed by atoms with Crippen molar-refractivity contribution in [2.75, 3.05) is 6.61 Å². The molecule has 1 aromatic heterocycles. The Labute approximate surface area is 95.8 Å². The molecule has 0 aliphatic heterocycles. The minimum atomic E-state index is -4.52. The lowest BCUT2D eigenvalue weighted by atomic mass is 10.2. The van der Waals surface area contributed by atoms with E-state index in [1.165, 1.54) is 6.20 Å². The fraction of sp³-hybridized carbons (Fsp3) is 0.400. The summed E-state index contributed by atoms with van der Waals surface area (Å²) >= 11 is 0. The largest absolute Gasteiger partial charge is 0.440 e. The highest BCUT2D eigenvalue weighted by atomic mass is 19.4. The van der Waals surface area contributed by atoms with Crippen molar-refractivity contribution in [1.82, 2.24) is 10.3 Å². The molecule has 0 unspecified atom stereocenters. The molecule has 1 atom stereocenters. The zero-order valence-electron chi connectivity index (χ0n) is 8.99. The Bertz CT molecular complexity index is 368. The smallest absolute Gasteiger partial charge is 0.422 e. The second kappa shape index (κ2) is 5.51. The fourth-order valence-electron chi connectivity index (χ4n) is 1.07. The van der Waals surface area contributed by atoms with E-state index in [-0.39, 0.29) is 0 Å². The monoisotopic (exact) mass is 248 g/mol. The van der Waals surface area contributed by atoms with Gasteiger partial charge in [0.1, 0.15) is 0 Å². The van der Waals surface area contributed by atoms with E-state index < -0.39 is 24.9 Å². The molecule has 1 N–H and O–H groups in total. The summed E-state index contributed by atoms with van der Waals surface area (Å²) in [6.07, 6.45) is -4.12. The molecule has 0 aliphatic carbocycles. The fourth-order valence-corrected chi connectivity index (χ4v) is 1.07. The standard InChI is InChI=1S/C10H11F3N2O2/c1-7(8-4-2-3-5-14-8)15-9(16)17-6-10(11,12)13/h2-5,7H,6H2,1H3,(H,15,16)/t7-/m1/s1. The summed E-state index contributed by atoms with van der Waals surface area (Å²) in [5.41, 5.74) is 0.538. The number of aromatic nitrogens is 1. The highest BCUT2D eigenvalue weighted by Gasteiger charge is 2.29. The van der Waals surface area contributed by atoms with E-state index in [4.69, 9.17) is 0 Å². The van der Waals surface area contributed by atoms with Crippen molar-refractivity contribution in [1.29, 1.82) is 0 Å². The van der Waals surface area contributed by atoms with Crippen LogP contribution in [0.25, 0.3) is 0 Å². The molecule has 7 heteroatoms. The molecule has 1 rings (SSSR count). The number of amides is 1. The molecule has 1 amide bonds. The summed E-state index contributed by atoms with van der Waals surface area (Å²) in [5, 5.41) is 2.25. The molecule has 4 nitrogen and oxygen atoms in total. The first-order chi connectivity index (χ1) is 7.88. The zero-order valence-corrected chi connectivity index (χ0v) is 8.99. The van der Waals surface area contributed by atoms with E-state index in [1.807, 2.05) is 0 Å². The number of halogens is 3. The molecule has 0 aliphatic rings. The molecule has 0 fully saturated rings. The average Bonchev–Trinajstić information content (AvgIpc) is 2.27. The second-order valence-corrected chi connectivity index (χ2v) is 3.31. The third-order valence-corrected chi connectivity index (χ3v) is 1.83. The Morgan fingerprint density at radius 3 is 2.76 bits per heavy atom. The molecule has 0 spiro atoms. The van der Waals surface area contributed by atoms with Crippen LogP contribution in [0.4, 0.5) is 18.0 Å². The lowest BCUT2D eigenvalue weighted by Crippen LogP contribution is -2.31. The minimum Gasteiger partial charge on any atom is -0.440 e. The number of ether oxygens (including phenoxy) is 1. The molecular weight excluding hydrogens is 237 g/mol. The number of carbonyl (C=O) groups is 1. The normalized spacial score (nSPS) is 12.9. The number of nitrogens with one attached hydrogen (secondary N) is 1. The van der Waals surface area contributed by atoms with Gasteiger partial charge < -0.3 is 10.1 Å². The van der Waals surface area contributed by atoms with Crippen LogP contribution in [0.5, 0.6) is 0 Å². The first kappa shape index (κ1) is 13.3. The molecule has 0 saturated carbocycles. The van der Waals surface area contributed by atoms with Crippen LogP contribution >= 0.6 is 0 Å². The number of alkyl carbamates (subject to hydrolysis) is 1. The van der Waals surface area contributed by atoms with Gasteiger partial charge in [0.25, 0.3) is 0 Å². The predicted molar refractivity (Wildman–Crippen MR) is 53.2 cm³/mol. The Balaban J connectivity index is 2.42. The quantitative estimate of drug-likeness (QED) is 0.893. The lowest BCUT2D eigenvalue weighted by molar-refractivity contribution is -0.160. The van der Waals surface area contributed by atoms with Crippen molar-refractivity contribution in [2.45, 2.75) is 19.1 Å². The van der Waals surface area contributed by atoms with E-state index in [1.54, 1.807) is 25.1 Å². The molecule has 1 heterocycles. The van der Waals surface area contributed by atoms with Gasteiger partial charge in [-0.3, -0.25) is 4.98 Å². The molecule has 17 heavy (non-hydrogen) atoms. The van der Waals surface area contributed by atoms with Crippen LogP contribution in [-0.2, 0) is 4.74 Å². The van der Waals surface area contributed by atoms with E-state index >= 15 is 0 Å². The predicted octanol–water partition coefficient (Wildman–Crippen LogP) is 2.43. The number of nitrogens with zero attached hydrogens (tertiary/aromatic N) is 1. The van der Waals surface area contributed by atoms with Crippen molar-refractivity contribution in [3.8, 4) is 0 Å². The van der Waals surface area contributed by atoms with Gasteiger partial charge in [-0.05, 0) is 19.1 Å². The van der Waals surface area contributed by atoms with Crippen molar-refractivity contribution >= 4 is 6.09 Å². The van der Waals surface area contributed by atoms with E-state index in [0.29, 0.717) is 5.69 Å². The van der Waals surface area contributed by atoms with Gasteiger partial charge in [-0.1, -0.05) is 6.07 Å². The van der Waals surface area contributed by atoms with Gasteiger partial charge in [-0.25, -0.2) is 4.79 Å².